The maximum atomic E-state index is 12.5. The number of rotatable bonds is 6. The summed E-state index contributed by atoms with van der Waals surface area (Å²) in [5, 5.41) is 2.71. The molecule has 128 valence electrons. The Kier molecular flexibility index (Phi) is 5.62. The molecular weight excluding hydrogens is 324 g/mol. The van der Waals surface area contributed by atoms with Gasteiger partial charge in [-0.05, 0) is 49.6 Å². The van der Waals surface area contributed by atoms with Crippen LogP contribution in [0.2, 0.25) is 0 Å². The summed E-state index contributed by atoms with van der Waals surface area (Å²) >= 11 is 0. The molecule has 1 amide bonds. The maximum absolute atomic E-state index is 12.5. The fraction of sp³-hybridized carbons (Fsp3) is 0.278. The summed E-state index contributed by atoms with van der Waals surface area (Å²) in [6.45, 7) is 5.83. The van der Waals surface area contributed by atoms with Gasteiger partial charge in [-0.15, -0.1) is 0 Å². The molecule has 0 aliphatic heterocycles. The Labute approximate surface area is 143 Å². The van der Waals surface area contributed by atoms with Crippen LogP contribution < -0.4 is 10.0 Å². The third kappa shape index (κ3) is 4.83. The van der Waals surface area contributed by atoms with E-state index in [0.29, 0.717) is 18.7 Å². The second-order valence-electron chi connectivity index (χ2n) is 5.80. The van der Waals surface area contributed by atoms with Crippen molar-refractivity contribution in [3.05, 3.63) is 59.2 Å². The van der Waals surface area contributed by atoms with Gasteiger partial charge in [-0.3, -0.25) is 9.52 Å². The van der Waals surface area contributed by atoms with E-state index in [9.17, 15) is 13.2 Å². The van der Waals surface area contributed by atoms with Crippen LogP contribution in [0.3, 0.4) is 0 Å². The number of aryl methyl sites for hydroxylation is 2. The molecule has 0 atom stereocenters. The van der Waals surface area contributed by atoms with Gasteiger partial charge in [-0.2, -0.15) is 0 Å². The molecule has 0 aliphatic rings. The summed E-state index contributed by atoms with van der Waals surface area (Å²) in [5.74, 6) is -0.0770. The minimum absolute atomic E-state index is 0.0770. The van der Waals surface area contributed by atoms with E-state index in [0.717, 1.165) is 16.7 Å². The number of hydrogen-bond donors (Lipinski definition) is 2. The number of anilines is 1. The molecule has 0 saturated carbocycles. The van der Waals surface area contributed by atoms with Crippen LogP contribution in [0, 0.1) is 13.8 Å². The van der Waals surface area contributed by atoms with Crippen molar-refractivity contribution in [2.24, 2.45) is 0 Å². The highest BCUT2D eigenvalue weighted by molar-refractivity contribution is 7.92. The first kappa shape index (κ1) is 18.0. The van der Waals surface area contributed by atoms with Gasteiger partial charge < -0.3 is 5.32 Å². The van der Waals surface area contributed by atoms with E-state index < -0.39 is 10.0 Å². The Bertz CT molecular complexity index is 828. The topological polar surface area (TPSA) is 75.3 Å². The van der Waals surface area contributed by atoms with Crippen molar-refractivity contribution < 1.29 is 13.2 Å². The van der Waals surface area contributed by atoms with Crippen LogP contribution in [0.4, 0.5) is 5.69 Å². The average molecular weight is 346 g/mol. The Morgan fingerprint density at radius 2 is 1.71 bits per heavy atom. The number of carbonyl (C=O) groups excluding carboxylic acids is 1. The number of carbonyl (C=O) groups is 1. The zero-order valence-electron chi connectivity index (χ0n) is 14.1. The monoisotopic (exact) mass is 346 g/mol. The van der Waals surface area contributed by atoms with Crippen LogP contribution in [0.1, 0.15) is 23.6 Å². The van der Waals surface area contributed by atoms with E-state index in [-0.39, 0.29) is 10.8 Å². The average Bonchev–Trinajstić information content (AvgIpc) is 2.50. The lowest BCUT2D eigenvalue weighted by Gasteiger charge is -2.11. The highest BCUT2D eigenvalue weighted by atomic mass is 32.2. The van der Waals surface area contributed by atoms with Crippen molar-refractivity contribution in [1.29, 1.82) is 0 Å². The lowest BCUT2D eigenvalue weighted by Crippen LogP contribution is -2.22. The number of amides is 1. The predicted octanol–water partition coefficient (Wildman–Crippen LogP) is 2.78. The Balaban J connectivity index is 2.10. The summed E-state index contributed by atoms with van der Waals surface area (Å²) in [6.07, 6.45) is 0.657. The van der Waals surface area contributed by atoms with Crippen LogP contribution in [0.25, 0.3) is 0 Å². The van der Waals surface area contributed by atoms with Crippen molar-refractivity contribution in [2.75, 3.05) is 11.3 Å². The van der Waals surface area contributed by atoms with Crippen molar-refractivity contribution in [2.45, 2.75) is 32.1 Å². The molecule has 0 heterocycles. The quantitative estimate of drug-likeness (QED) is 0.844. The van der Waals surface area contributed by atoms with Gasteiger partial charge in [0.2, 0.25) is 5.91 Å². The normalized spacial score (nSPS) is 11.1. The van der Waals surface area contributed by atoms with Crippen LogP contribution >= 0.6 is 0 Å². The van der Waals surface area contributed by atoms with Gasteiger partial charge in [0, 0.05) is 13.5 Å². The molecule has 5 nitrogen and oxygen atoms in total. The van der Waals surface area contributed by atoms with E-state index in [4.69, 9.17) is 0 Å². The number of hydrogen-bond acceptors (Lipinski definition) is 3. The Morgan fingerprint density at radius 3 is 2.29 bits per heavy atom. The summed E-state index contributed by atoms with van der Waals surface area (Å²) in [6, 6.07) is 12.3. The summed E-state index contributed by atoms with van der Waals surface area (Å²) in [4.78, 5) is 11.1. The van der Waals surface area contributed by atoms with Crippen LogP contribution in [-0.4, -0.2) is 20.9 Å². The standard InChI is InChI=1S/C18H22N2O3S/c1-13-4-9-18(14(2)12-13)20-24(22,23)17-7-5-16(6-8-17)10-11-19-15(3)21/h4-9,12,20H,10-11H2,1-3H3,(H,19,21). The minimum Gasteiger partial charge on any atom is -0.356 e. The molecular formula is C18H22N2O3S. The van der Waals surface area contributed by atoms with Gasteiger partial charge in [0.15, 0.2) is 0 Å². The van der Waals surface area contributed by atoms with Crippen molar-refractivity contribution in [3.63, 3.8) is 0 Å². The van der Waals surface area contributed by atoms with E-state index >= 15 is 0 Å². The summed E-state index contributed by atoms with van der Waals surface area (Å²) in [5.41, 5.74) is 3.51. The van der Waals surface area contributed by atoms with E-state index in [1.165, 1.54) is 6.92 Å². The van der Waals surface area contributed by atoms with E-state index in [2.05, 4.69) is 10.0 Å². The molecule has 0 spiro atoms. The molecule has 2 N–H and O–H groups in total. The number of nitrogens with one attached hydrogen (secondary N) is 2. The number of benzene rings is 2. The molecule has 2 aromatic carbocycles. The first-order chi connectivity index (χ1) is 11.3. The molecule has 0 unspecified atom stereocenters. The van der Waals surface area contributed by atoms with Gasteiger partial charge in [-0.25, -0.2) is 8.42 Å². The minimum atomic E-state index is -3.62. The van der Waals surface area contributed by atoms with Gasteiger partial charge in [0.05, 0.1) is 10.6 Å². The van der Waals surface area contributed by atoms with Crippen LogP contribution in [0.15, 0.2) is 47.4 Å². The van der Waals surface area contributed by atoms with Crippen LogP contribution in [0.5, 0.6) is 0 Å². The largest absolute Gasteiger partial charge is 0.356 e. The first-order valence-corrected chi connectivity index (χ1v) is 9.20. The van der Waals surface area contributed by atoms with Crippen molar-refractivity contribution in [3.8, 4) is 0 Å². The highest BCUT2D eigenvalue weighted by Crippen LogP contribution is 2.21. The van der Waals surface area contributed by atoms with Gasteiger partial charge in [-0.1, -0.05) is 29.8 Å². The molecule has 24 heavy (non-hydrogen) atoms. The molecule has 0 radical (unpaired) electrons. The second-order valence-corrected chi connectivity index (χ2v) is 7.48. The number of sulfonamides is 1. The maximum Gasteiger partial charge on any atom is 0.261 e. The molecule has 0 bridgehead atoms. The zero-order chi connectivity index (χ0) is 17.7. The summed E-state index contributed by atoms with van der Waals surface area (Å²) in [7, 11) is -3.62. The fourth-order valence-electron chi connectivity index (χ4n) is 2.35. The molecule has 6 heteroatoms. The fourth-order valence-corrected chi connectivity index (χ4v) is 3.48. The smallest absolute Gasteiger partial charge is 0.261 e. The van der Waals surface area contributed by atoms with Gasteiger partial charge in [0.1, 0.15) is 0 Å². The third-order valence-corrected chi connectivity index (χ3v) is 5.03. The Morgan fingerprint density at radius 1 is 1.04 bits per heavy atom. The molecule has 0 fully saturated rings. The van der Waals surface area contributed by atoms with Gasteiger partial charge >= 0.3 is 0 Å². The molecule has 2 rings (SSSR count). The molecule has 2 aromatic rings. The second kappa shape index (κ2) is 7.49. The van der Waals surface area contributed by atoms with Crippen LogP contribution in [-0.2, 0) is 21.2 Å². The van der Waals surface area contributed by atoms with Crippen molar-refractivity contribution in [1.82, 2.24) is 5.32 Å². The molecule has 0 aromatic heterocycles. The van der Waals surface area contributed by atoms with Crippen molar-refractivity contribution >= 4 is 21.6 Å². The molecule has 0 aliphatic carbocycles. The lowest BCUT2D eigenvalue weighted by molar-refractivity contribution is -0.118. The lowest BCUT2D eigenvalue weighted by atomic mass is 10.1. The van der Waals surface area contributed by atoms with E-state index in [1.807, 2.05) is 26.0 Å². The first-order valence-electron chi connectivity index (χ1n) is 7.71. The van der Waals surface area contributed by atoms with E-state index in [1.54, 1.807) is 30.3 Å². The SMILES string of the molecule is CC(=O)NCCc1ccc(S(=O)(=O)Nc2ccc(C)cc2C)cc1. The summed E-state index contributed by atoms with van der Waals surface area (Å²) < 4.78 is 27.6. The Hall–Kier alpha value is -2.34. The van der Waals surface area contributed by atoms with Gasteiger partial charge in [0.25, 0.3) is 10.0 Å². The zero-order valence-corrected chi connectivity index (χ0v) is 14.9. The highest BCUT2D eigenvalue weighted by Gasteiger charge is 2.15. The third-order valence-electron chi connectivity index (χ3n) is 3.65. The predicted molar refractivity (Wildman–Crippen MR) is 95.6 cm³/mol. The molecule has 0 saturated heterocycles.